The lowest BCUT2D eigenvalue weighted by Crippen LogP contribution is -2.43. The van der Waals surface area contributed by atoms with Gasteiger partial charge in [0.2, 0.25) is 0 Å². The van der Waals surface area contributed by atoms with E-state index in [0.29, 0.717) is 12.2 Å². The summed E-state index contributed by atoms with van der Waals surface area (Å²) in [6, 6.07) is 3.78. The standard InChI is InChI=1S/C14H21NO2/c1-10-7-12(13(16)8-11(10)2)9-14(17)3-5-15-6-4-14/h7-8,15-17H,3-6,9H2,1-2H3. The molecule has 3 N–H and O–H groups in total. The van der Waals surface area contributed by atoms with Crippen LogP contribution in [-0.4, -0.2) is 28.9 Å². The van der Waals surface area contributed by atoms with Crippen molar-refractivity contribution in [2.24, 2.45) is 0 Å². The molecule has 3 nitrogen and oxygen atoms in total. The average Bonchev–Trinajstić information content (AvgIpc) is 2.26. The smallest absolute Gasteiger partial charge is 0.119 e. The van der Waals surface area contributed by atoms with Crippen LogP contribution in [0.4, 0.5) is 0 Å². The first-order valence-electron chi connectivity index (χ1n) is 6.22. The Morgan fingerprint density at radius 2 is 1.76 bits per heavy atom. The Bertz CT molecular complexity index is 409. The molecule has 1 heterocycles. The number of aryl methyl sites for hydroxylation is 2. The fourth-order valence-corrected chi connectivity index (χ4v) is 2.43. The van der Waals surface area contributed by atoms with E-state index >= 15 is 0 Å². The highest BCUT2D eigenvalue weighted by molar-refractivity contribution is 5.41. The fourth-order valence-electron chi connectivity index (χ4n) is 2.43. The average molecular weight is 235 g/mol. The molecule has 94 valence electrons. The van der Waals surface area contributed by atoms with E-state index in [1.165, 1.54) is 0 Å². The van der Waals surface area contributed by atoms with Crippen LogP contribution in [0.25, 0.3) is 0 Å². The molecule has 0 aliphatic carbocycles. The van der Waals surface area contributed by atoms with Crippen LogP contribution in [-0.2, 0) is 6.42 Å². The number of hydrogen-bond donors (Lipinski definition) is 3. The van der Waals surface area contributed by atoms with Crippen molar-refractivity contribution in [3.63, 3.8) is 0 Å². The Labute approximate surface area is 102 Å². The maximum absolute atomic E-state index is 10.5. The molecule has 0 saturated carbocycles. The fraction of sp³-hybridized carbons (Fsp3) is 0.571. The molecule has 0 atom stereocenters. The van der Waals surface area contributed by atoms with Gasteiger partial charge in [0, 0.05) is 6.42 Å². The molecule has 1 saturated heterocycles. The molecule has 1 aliphatic rings. The number of rotatable bonds is 2. The molecule has 1 fully saturated rings. The van der Waals surface area contributed by atoms with Crippen molar-refractivity contribution in [2.75, 3.05) is 13.1 Å². The second-order valence-corrected chi connectivity index (χ2v) is 5.22. The van der Waals surface area contributed by atoms with Gasteiger partial charge in [-0.3, -0.25) is 0 Å². The van der Waals surface area contributed by atoms with Crippen molar-refractivity contribution in [1.82, 2.24) is 5.32 Å². The van der Waals surface area contributed by atoms with Gasteiger partial charge < -0.3 is 15.5 Å². The lowest BCUT2D eigenvalue weighted by atomic mass is 9.85. The Morgan fingerprint density at radius 1 is 1.18 bits per heavy atom. The molecule has 0 radical (unpaired) electrons. The minimum absolute atomic E-state index is 0.306. The maximum atomic E-state index is 10.5. The predicted molar refractivity (Wildman–Crippen MR) is 68.3 cm³/mol. The summed E-state index contributed by atoms with van der Waals surface area (Å²) in [5, 5.41) is 23.6. The third-order valence-corrected chi connectivity index (χ3v) is 3.75. The van der Waals surface area contributed by atoms with Crippen molar-refractivity contribution in [3.05, 3.63) is 28.8 Å². The van der Waals surface area contributed by atoms with Crippen molar-refractivity contribution >= 4 is 0 Å². The molecule has 0 unspecified atom stereocenters. The van der Waals surface area contributed by atoms with E-state index in [9.17, 15) is 10.2 Å². The van der Waals surface area contributed by atoms with Gasteiger partial charge >= 0.3 is 0 Å². The first kappa shape index (κ1) is 12.4. The van der Waals surface area contributed by atoms with Crippen LogP contribution < -0.4 is 5.32 Å². The molecule has 0 aromatic heterocycles. The molecule has 0 spiro atoms. The zero-order chi connectivity index (χ0) is 12.5. The highest BCUT2D eigenvalue weighted by atomic mass is 16.3. The van der Waals surface area contributed by atoms with Crippen molar-refractivity contribution in [3.8, 4) is 5.75 Å². The third-order valence-electron chi connectivity index (χ3n) is 3.75. The summed E-state index contributed by atoms with van der Waals surface area (Å²) in [5.74, 6) is 0.306. The number of piperidine rings is 1. The molecule has 0 amide bonds. The second kappa shape index (κ2) is 4.67. The number of phenols is 1. The van der Waals surface area contributed by atoms with Gasteiger partial charge in [0.15, 0.2) is 0 Å². The molecule has 3 heteroatoms. The minimum atomic E-state index is -0.662. The number of nitrogens with one attached hydrogen (secondary N) is 1. The summed E-state index contributed by atoms with van der Waals surface area (Å²) in [6.45, 7) is 5.72. The Balaban J connectivity index is 2.20. The van der Waals surface area contributed by atoms with E-state index in [1.807, 2.05) is 19.9 Å². The Morgan fingerprint density at radius 3 is 2.41 bits per heavy atom. The van der Waals surface area contributed by atoms with Crippen LogP contribution in [0.2, 0.25) is 0 Å². The Hall–Kier alpha value is -1.06. The third kappa shape index (κ3) is 2.79. The Kier molecular flexibility index (Phi) is 3.40. The minimum Gasteiger partial charge on any atom is -0.508 e. The number of phenolic OH excluding ortho intramolecular Hbond substituents is 1. The summed E-state index contributed by atoms with van der Waals surface area (Å²) in [7, 11) is 0. The quantitative estimate of drug-likeness (QED) is 0.731. The van der Waals surface area contributed by atoms with Gasteiger partial charge in [0.1, 0.15) is 5.75 Å². The number of hydrogen-bond acceptors (Lipinski definition) is 3. The SMILES string of the molecule is Cc1cc(O)c(CC2(O)CCNCC2)cc1C. The van der Waals surface area contributed by atoms with Crippen molar-refractivity contribution in [1.29, 1.82) is 0 Å². The van der Waals surface area contributed by atoms with Gasteiger partial charge in [0.05, 0.1) is 5.60 Å². The molecule has 0 bridgehead atoms. The van der Waals surface area contributed by atoms with Crippen LogP contribution in [0, 0.1) is 13.8 Å². The first-order chi connectivity index (χ1) is 8.00. The van der Waals surface area contributed by atoms with Gasteiger partial charge in [-0.25, -0.2) is 0 Å². The van der Waals surface area contributed by atoms with E-state index in [0.717, 1.165) is 42.6 Å². The van der Waals surface area contributed by atoms with Gasteiger partial charge in [0.25, 0.3) is 0 Å². The molecule has 1 aromatic rings. The lowest BCUT2D eigenvalue weighted by Gasteiger charge is -2.33. The number of aliphatic hydroxyl groups is 1. The van der Waals surface area contributed by atoms with E-state index in [4.69, 9.17) is 0 Å². The van der Waals surface area contributed by atoms with Crippen molar-refractivity contribution < 1.29 is 10.2 Å². The normalized spacial score (nSPS) is 19.2. The van der Waals surface area contributed by atoms with Crippen LogP contribution in [0.5, 0.6) is 5.75 Å². The largest absolute Gasteiger partial charge is 0.508 e. The van der Waals surface area contributed by atoms with Crippen molar-refractivity contribution in [2.45, 2.75) is 38.7 Å². The second-order valence-electron chi connectivity index (χ2n) is 5.22. The molecular weight excluding hydrogens is 214 g/mol. The summed E-state index contributed by atoms with van der Waals surface area (Å²) in [5.41, 5.74) is 2.45. The molecule has 1 aliphatic heterocycles. The predicted octanol–water partition coefficient (Wildman–Crippen LogP) is 1.67. The monoisotopic (exact) mass is 235 g/mol. The molecule has 17 heavy (non-hydrogen) atoms. The zero-order valence-electron chi connectivity index (χ0n) is 10.6. The first-order valence-corrected chi connectivity index (χ1v) is 6.22. The van der Waals surface area contributed by atoms with E-state index in [2.05, 4.69) is 5.32 Å². The molecule has 2 rings (SSSR count). The zero-order valence-corrected chi connectivity index (χ0v) is 10.6. The summed E-state index contributed by atoms with van der Waals surface area (Å²) in [4.78, 5) is 0. The van der Waals surface area contributed by atoms with Crippen LogP contribution >= 0.6 is 0 Å². The topological polar surface area (TPSA) is 52.5 Å². The molecular formula is C14H21NO2. The summed E-state index contributed by atoms with van der Waals surface area (Å²) < 4.78 is 0. The van der Waals surface area contributed by atoms with Crippen LogP contribution in [0.3, 0.4) is 0 Å². The van der Waals surface area contributed by atoms with Crippen LogP contribution in [0.15, 0.2) is 12.1 Å². The summed E-state index contributed by atoms with van der Waals surface area (Å²) in [6.07, 6.45) is 2.04. The van der Waals surface area contributed by atoms with E-state index in [1.54, 1.807) is 6.07 Å². The summed E-state index contributed by atoms with van der Waals surface area (Å²) >= 11 is 0. The van der Waals surface area contributed by atoms with Gasteiger partial charge in [-0.1, -0.05) is 6.07 Å². The number of benzene rings is 1. The lowest BCUT2D eigenvalue weighted by molar-refractivity contribution is 0.0104. The van der Waals surface area contributed by atoms with Gasteiger partial charge in [-0.15, -0.1) is 0 Å². The van der Waals surface area contributed by atoms with E-state index in [-0.39, 0.29) is 0 Å². The molecule has 1 aromatic carbocycles. The highest BCUT2D eigenvalue weighted by Crippen LogP contribution is 2.29. The highest BCUT2D eigenvalue weighted by Gasteiger charge is 2.30. The van der Waals surface area contributed by atoms with Crippen LogP contribution in [0.1, 0.15) is 29.5 Å². The maximum Gasteiger partial charge on any atom is 0.119 e. The van der Waals surface area contributed by atoms with E-state index < -0.39 is 5.60 Å². The number of aromatic hydroxyl groups is 1. The van der Waals surface area contributed by atoms with Gasteiger partial charge in [-0.2, -0.15) is 0 Å². The van der Waals surface area contributed by atoms with Gasteiger partial charge in [-0.05, 0) is 62.5 Å².